The van der Waals surface area contributed by atoms with Gasteiger partial charge in [-0.15, -0.1) is 0 Å². The van der Waals surface area contributed by atoms with E-state index in [-0.39, 0.29) is 0 Å². The first kappa shape index (κ1) is 13.7. The molecule has 4 heteroatoms. The van der Waals surface area contributed by atoms with Gasteiger partial charge in [0.2, 0.25) is 5.88 Å². The van der Waals surface area contributed by atoms with Crippen LogP contribution < -0.4 is 10.1 Å². The summed E-state index contributed by atoms with van der Waals surface area (Å²) in [4.78, 5) is 4.23. The fraction of sp³-hybridized carbons (Fsp3) is 0.643. The second kappa shape index (κ2) is 7.00. The quantitative estimate of drug-likeness (QED) is 0.858. The van der Waals surface area contributed by atoms with Crippen LogP contribution in [-0.2, 0) is 6.54 Å². The van der Waals surface area contributed by atoms with Crippen molar-refractivity contribution in [2.75, 3.05) is 12.9 Å². The van der Waals surface area contributed by atoms with E-state index in [1.165, 1.54) is 25.0 Å². The Hall–Kier alpha value is -0.740. The summed E-state index contributed by atoms with van der Waals surface area (Å²) in [6.07, 6.45) is 5.76. The molecule has 1 aromatic rings. The average molecular weight is 266 g/mol. The zero-order valence-corrected chi connectivity index (χ0v) is 12.0. The lowest BCUT2D eigenvalue weighted by Crippen LogP contribution is -2.33. The Morgan fingerprint density at radius 3 is 3.17 bits per heavy atom. The molecule has 1 saturated carbocycles. The monoisotopic (exact) mass is 266 g/mol. The van der Waals surface area contributed by atoms with Crippen molar-refractivity contribution in [3.8, 4) is 5.88 Å². The Kier molecular flexibility index (Phi) is 5.32. The minimum absolute atomic E-state index is 0.639. The van der Waals surface area contributed by atoms with E-state index in [0.717, 1.165) is 23.2 Å². The second-order valence-electron chi connectivity index (χ2n) is 4.58. The van der Waals surface area contributed by atoms with Gasteiger partial charge < -0.3 is 10.1 Å². The van der Waals surface area contributed by atoms with Crippen LogP contribution in [0.5, 0.6) is 5.88 Å². The zero-order chi connectivity index (χ0) is 12.8. The number of rotatable bonds is 6. The fourth-order valence-electron chi connectivity index (χ4n) is 2.56. The number of thioether (sulfide) groups is 1. The van der Waals surface area contributed by atoms with Crippen molar-refractivity contribution >= 4 is 11.8 Å². The molecule has 0 bridgehead atoms. The maximum atomic E-state index is 5.28. The number of methoxy groups -OCH3 is 1. The standard InChI is InChI=1S/C14H22N2OS/c1-3-18-13-8-4-7-12(13)16-10-11-6-5-9-15-14(11)17-2/h5-6,9,12-13,16H,3-4,7-8,10H2,1-2H3. The van der Waals surface area contributed by atoms with Crippen molar-refractivity contribution in [3.63, 3.8) is 0 Å². The highest BCUT2D eigenvalue weighted by atomic mass is 32.2. The zero-order valence-electron chi connectivity index (χ0n) is 11.2. The molecule has 3 nitrogen and oxygen atoms in total. The van der Waals surface area contributed by atoms with Crippen molar-refractivity contribution in [1.82, 2.24) is 10.3 Å². The van der Waals surface area contributed by atoms with E-state index in [1.54, 1.807) is 13.3 Å². The Labute approximate surface area is 114 Å². The third-order valence-electron chi connectivity index (χ3n) is 3.43. The smallest absolute Gasteiger partial charge is 0.217 e. The van der Waals surface area contributed by atoms with E-state index in [2.05, 4.69) is 35.1 Å². The van der Waals surface area contributed by atoms with E-state index < -0.39 is 0 Å². The van der Waals surface area contributed by atoms with Crippen LogP contribution in [0.15, 0.2) is 18.3 Å². The minimum atomic E-state index is 0.639. The van der Waals surface area contributed by atoms with Crippen molar-refractivity contribution in [2.24, 2.45) is 0 Å². The van der Waals surface area contributed by atoms with Gasteiger partial charge in [0, 0.05) is 29.6 Å². The van der Waals surface area contributed by atoms with Gasteiger partial charge in [0.25, 0.3) is 0 Å². The number of hydrogen-bond donors (Lipinski definition) is 1. The molecule has 2 unspecified atom stereocenters. The Morgan fingerprint density at radius 2 is 2.39 bits per heavy atom. The molecule has 1 aromatic heterocycles. The Morgan fingerprint density at radius 1 is 1.50 bits per heavy atom. The van der Waals surface area contributed by atoms with E-state index in [4.69, 9.17) is 4.74 Å². The molecular weight excluding hydrogens is 244 g/mol. The Balaban J connectivity index is 1.90. The van der Waals surface area contributed by atoms with Gasteiger partial charge in [-0.1, -0.05) is 19.4 Å². The summed E-state index contributed by atoms with van der Waals surface area (Å²) in [6.45, 7) is 3.09. The van der Waals surface area contributed by atoms with Gasteiger partial charge in [0.1, 0.15) is 0 Å². The summed E-state index contributed by atoms with van der Waals surface area (Å²) in [5.74, 6) is 1.95. The van der Waals surface area contributed by atoms with Gasteiger partial charge in [-0.2, -0.15) is 11.8 Å². The predicted octanol–water partition coefficient (Wildman–Crippen LogP) is 2.85. The molecule has 0 spiro atoms. The highest BCUT2D eigenvalue weighted by Gasteiger charge is 2.26. The molecule has 0 aliphatic heterocycles. The van der Waals surface area contributed by atoms with Gasteiger partial charge in [0.15, 0.2) is 0 Å². The predicted molar refractivity (Wildman–Crippen MR) is 77.2 cm³/mol. The first-order chi connectivity index (χ1) is 8.85. The van der Waals surface area contributed by atoms with Crippen molar-refractivity contribution in [3.05, 3.63) is 23.9 Å². The molecule has 1 aliphatic rings. The number of nitrogens with one attached hydrogen (secondary N) is 1. The van der Waals surface area contributed by atoms with E-state index >= 15 is 0 Å². The largest absolute Gasteiger partial charge is 0.481 e. The number of pyridine rings is 1. The van der Waals surface area contributed by atoms with Crippen LogP contribution in [0.1, 0.15) is 31.7 Å². The summed E-state index contributed by atoms with van der Waals surface area (Å²) in [5.41, 5.74) is 1.15. The van der Waals surface area contributed by atoms with E-state index in [1.807, 2.05) is 6.07 Å². The summed E-state index contributed by atoms with van der Waals surface area (Å²) < 4.78 is 5.28. The van der Waals surface area contributed by atoms with Gasteiger partial charge in [-0.3, -0.25) is 0 Å². The van der Waals surface area contributed by atoms with Gasteiger partial charge >= 0.3 is 0 Å². The molecule has 18 heavy (non-hydrogen) atoms. The van der Waals surface area contributed by atoms with Crippen LogP contribution in [0.25, 0.3) is 0 Å². The van der Waals surface area contributed by atoms with Crippen molar-refractivity contribution in [2.45, 2.75) is 44.0 Å². The highest BCUT2D eigenvalue weighted by molar-refractivity contribution is 7.99. The second-order valence-corrected chi connectivity index (χ2v) is 6.10. The molecule has 100 valence electrons. The van der Waals surface area contributed by atoms with E-state index in [0.29, 0.717) is 6.04 Å². The SMILES string of the molecule is CCSC1CCCC1NCc1cccnc1OC. The molecule has 1 heterocycles. The molecule has 0 aromatic carbocycles. The number of hydrogen-bond acceptors (Lipinski definition) is 4. The molecule has 1 aliphatic carbocycles. The lowest BCUT2D eigenvalue weighted by molar-refractivity contribution is 0.388. The molecule has 0 amide bonds. The number of aromatic nitrogens is 1. The summed E-state index contributed by atoms with van der Waals surface area (Å²) >= 11 is 2.08. The van der Waals surface area contributed by atoms with Crippen LogP contribution in [0.4, 0.5) is 0 Å². The number of ether oxygens (including phenoxy) is 1. The summed E-state index contributed by atoms with van der Waals surface area (Å²) in [6, 6.07) is 4.68. The van der Waals surface area contributed by atoms with Gasteiger partial charge in [0.05, 0.1) is 7.11 Å². The van der Waals surface area contributed by atoms with Crippen molar-refractivity contribution in [1.29, 1.82) is 0 Å². The van der Waals surface area contributed by atoms with Crippen molar-refractivity contribution < 1.29 is 4.74 Å². The van der Waals surface area contributed by atoms with Crippen LogP contribution in [0, 0.1) is 0 Å². The van der Waals surface area contributed by atoms with Gasteiger partial charge in [-0.05, 0) is 24.7 Å². The third-order valence-corrected chi connectivity index (χ3v) is 4.76. The maximum absolute atomic E-state index is 5.28. The lowest BCUT2D eigenvalue weighted by atomic mass is 10.2. The van der Waals surface area contributed by atoms with Gasteiger partial charge in [-0.25, -0.2) is 4.98 Å². The number of nitrogens with zero attached hydrogens (tertiary/aromatic N) is 1. The molecule has 1 N–H and O–H groups in total. The van der Waals surface area contributed by atoms with E-state index in [9.17, 15) is 0 Å². The maximum Gasteiger partial charge on any atom is 0.217 e. The molecule has 2 atom stereocenters. The van der Waals surface area contributed by atoms with Crippen LogP contribution >= 0.6 is 11.8 Å². The van der Waals surface area contributed by atoms with Crippen LogP contribution in [-0.4, -0.2) is 29.1 Å². The summed E-state index contributed by atoms with van der Waals surface area (Å²) in [7, 11) is 1.68. The first-order valence-corrected chi connectivity index (χ1v) is 7.73. The highest BCUT2D eigenvalue weighted by Crippen LogP contribution is 2.30. The molecular formula is C14H22N2OS. The van der Waals surface area contributed by atoms with Crippen LogP contribution in [0.2, 0.25) is 0 Å². The first-order valence-electron chi connectivity index (χ1n) is 6.68. The molecule has 1 fully saturated rings. The fourth-order valence-corrected chi connectivity index (χ4v) is 3.78. The average Bonchev–Trinajstić information content (AvgIpc) is 2.84. The Bertz CT molecular complexity index is 373. The molecule has 0 saturated heterocycles. The van der Waals surface area contributed by atoms with Crippen LogP contribution in [0.3, 0.4) is 0 Å². The normalized spacial score (nSPS) is 23.2. The topological polar surface area (TPSA) is 34.2 Å². The summed E-state index contributed by atoms with van der Waals surface area (Å²) in [5, 5.41) is 4.44. The third kappa shape index (κ3) is 3.39. The molecule has 0 radical (unpaired) electrons. The lowest BCUT2D eigenvalue weighted by Gasteiger charge is -2.20. The minimum Gasteiger partial charge on any atom is -0.481 e. The molecule has 2 rings (SSSR count).